The second-order valence-corrected chi connectivity index (χ2v) is 5.94. The fourth-order valence-electron chi connectivity index (χ4n) is 3.17. The molecule has 0 aliphatic carbocycles. The van der Waals surface area contributed by atoms with Crippen molar-refractivity contribution in [2.45, 2.75) is 13.0 Å². The van der Waals surface area contributed by atoms with Gasteiger partial charge in [0, 0.05) is 34.3 Å². The van der Waals surface area contributed by atoms with E-state index in [2.05, 4.69) is 22.0 Å². The minimum Gasteiger partial charge on any atom is -0.358 e. The zero-order chi connectivity index (χ0) is 16.6. The van der Waals surface area contributed by atoms with Crippen molar-refractivity contribution in [1.82, 2.24) is 9.88 Å². The van der Waals surface area contributed by atoms with E-state index in [1.807, 2.05) is 45.3 Å². The molecular formula is C18H20N3O2+. The van der Waals surface area contributed by atoms with Crippen LogP contribution in [0.5, 0.6) is 0 Å². The van der Waals surface area contributed by atoms with Crippen LogP contribution in [-0.4, -0.2) is 34.1 Å². The highest BCUT2D eigenvalue weighted by Gasteiger charge is 2.24. The molecule has 0 amide bonds. The molecule has 3 rings (SSSR count). The molecule has 5 heteroatoms. The molecule has 23 heavy (non-hydrogen) atoms. The Morgan fingerprint density at radius 1 is 1.13 bits per heavy atom. The van der Waals surface area contributed by atoms with Gasteiger partial charge in [-0.25, -0.2) is 5.21 Å². The Labute approximate surface area is 134 Å². The lowest BCUT2D eigenvalue weighted by Gasteiger charge is -2.25. The van der Waals surface area contributed by atoms with Gasteiger partial charge in [-0.3, -0.25) is 4.90 Å². The topological polar surface area (TPSA) is 59.3 Å². The van der Waals surface area contributed by atoms with E-state index in [0.29, 0.717) is 0 Å². The predicted molar refractivity (Wildman–Crippen MR) is 90.1 cm³/mol. The van der Waals surface area contributed by atoms with Crippen molar-refractivity contribution in [1.29, 1.82) is 0 Å². The van der Waals surface area contributed by atoms with E-state index in [4.69, 9.17) is 0 Å². The van der Waals surface area contributed by atoms with Crippen LogP contribution in [0.25, 0.3) is 10.9 Å². The van der Waals surface area contributed by atoms with Gasteiger partial charge in [-0.2, -0.15) is 0 Å². The summed E-state index contributed by atoms with van der Waals surface area (Å²) >= 11 is 0. The maximum atomic E-state index is 11.2. The van der Waals surface area contributed by atoms with Crippen LogP contribution < -0.4 is 0 Å². The van der Waals surface area contributed by atoms with Gasteiger partial charge >= 0.3 is 5.69 Å². The van der Waals surface area contributed by atoms with Gasteiger partial charge in [-0.1, -0.05) is 30.3 Å². The standard InChI is InChI=1S/C18H20N3O2/c1-12-17(18(20(2)3)13-7-5-4-6-8-13)15-11-14(21(22)23)9-10-16(15)19-12/h4-11,18-19H,1-3H3,(H,22,23)/q+1. The van der Waals surface area contributed by atoms with Crippen molar-refractivity contribution < 1.29 is 10.1 Å². The molecule has 1 unspecified atom stereocenters. The highest BCUT2D eigenvalue weighted by Crippen LogP contribution is 2.36. The number of rotatable bonds is 4. The van der Waals surface area contributed by atoms with E-state index in [1.165, 1.54) is 5.56 Å². The van der Waals surface area contributed by atoms with Gasteiger partial charge in [0.1, 0.15) is 0 Å². The molecule has 2 aromatic carbocycles. The lowest BCUT2D eigenvalue weighted by Crippen LogP contribution is -2.21. The minimum atomic E-state index is -0.0985. The van der Waals surface area contributed by atoms with E-state index in [9.17, 15) is 10.1 Å². The van der Waals surface area contributed by atoms with E-state index < -0.39 is 0 Å². The van der Waals surface area contributed by atoms with Crippen LogP contribution in [-0.2, 0) is 0 Å². The summed E-state index contributed by atoms with van der Waals surface area (Å²) in [5.41, 5.74) is 4.51. The number of nitrogens with one attached hydrogen (secondary N) is 1. The molecule has 0 aliphatic heterocycles. The first kappa shape index (κ1) is 15.2. The Morgan fingerprint density at radius 3 is 2.43 bits per heavy atom. The Balaban J connectivity index is 2.25. The Kier molecular flexibility index (Phi) is 3.88. The molecule has 3 aromatic rings. The minimum absolute atomic E-state index is 0.0546. The zero-order valence-electron chi connectivity index (χ0n) is 13.4. The van der Waals surface area contributed by atoms with Gasteiger partial charge in [0.15, 0.2) is 0 Å². The normalized spacial score (nSPS) is 12.7. The predicted octanol–water partition coefficient (Wildman–Crippen LogP) is 3.93. The highest BCUT2D eigenvalue weighted by molar-refractivity contribution is 5.87. The highest BCUT2D eigenvalue weighted by atomic mass is 16.6. The molecule has 0 saturated carbocycles. The van der Waals surface area contributed by atoms with Crippen LogP contribution in [0.1, 0.15) is 22.9 Å². The number of H-pyrrole nitrogens is 1. The summed E-state index contributed by atoms with van der Waals surface area (Å²) in [6.45, 7) is 2.03. The smallest absolute Gasteiger partial charge is 0.317 e. The molecule has 1 atom stereocenters. The van der Waals surface area contributed by atoms with Gasteiger partial charge in [0.25, 0.3) is 4.92 Å². The number of hydrogen-bond acceptors (Lipinski definition) is 2. The van der Waals surface area contributed by atoms with Crippen LogP contribution >= 0.6 is 0 Å². The summed E-state index contributed by atoms with van der Waals surface area (Å²) in [5, 5.41) is 10.1. The molecule has 0 bridgehead atoms. The van der Waals surface area contributed by atoms with Crippen LogP contribution in [0.3, 0.4) is 0 Å². The summed E-state index contributed by atoms with van der Waals surface area (Å²) in [7, 11) is 4.07. The van der Waals surface area contributed by atoms with Crippen molar-refractivity contribution in [3.8, 4) is 0 Å². The molecule has 5 nitrogen and oxygen atoms in total. The number of benzene rings is 2. The fraction of sp³-hybridized carbons (Fsp3) is 0.222. The van der Waals surface area contributed by atoms with Crippen LogP contribution in [0, 0.1) is 11.8 Å². The fourth-order valence-corrected chi connectivity index (χ4v) is 3.17. The van der Waals surface area contributed by atoms with Crippen LogP contribution in [0.15, 0.2) is 48.5 Å². The summed E-state index contributed by atoms with van der Waals surface area (Å²) in [6, 6.07) is 15.4. The first-order valence-electron chi connectivity index (χ1n) is 7.48. The maximum Gasteiger partial charge on any atom is 0.317 e. The van der Waals surface area contributed by atoms with Crippen LogP contribution in [0.2, 0.25) is 0 Å². The molecule has 0 aliphatic rings. The Hall–Kier alpha value is -2.66. The third-order valence-electron chi connectivity index (χ3n) is 4.15. The summed E-state index contributed by atoms with van der Waals surface area (Å²) in [5.74, 6) is 0. The second-order valence-electron chi connectivity index (χ2n) is 5.94. The average Bonchev–Trinajstić information content (AvgIpc) is 2.84. The van der Waals surface area contributed by atoms with E-state index in [-0.39, 0.29) is 16.7 Å². The molecule has 118 valence electrons. The van der Waals surface area contributed by atoms with E-state index >= 15 is 0 Å². The molecule has 0 spiro atoms. The molecule has 0 radical (unpaired) electrons. The number of aromatic amines is 1. The second kappa shape index (κ2) is 5.85. The molecule has 1 aromatic heterocycles. The third-order valence-corrected chi connectivity index (χ3v) is 4.15. The molecule has 1 heterocycles. The number of fused-ring (bicyclic) bond motifs is 1. The Bertz CT molecular complexity index is 853. The van der Waals surface area contributed by atoms with Crippen molar-refractivity contribution >= 4 is 16.6 Å². The van der Waals surface area contributed by atoms with Crippen molar-refractivity contribution in [3.05, 3.63) is 70.3 Å². The molecule has 0 saturated heterocycles. The van der Waals surface area contributed by atoms with Crippen molar-refractivity contribution in [2.75, 3.05) is 14.1 Å². The largest absolute Gasteiger partial charge is 0.358 e. The van der Waals surface area contributed by atoms with Gasteiger partial charge in [-0.15, -0.1) is 0 Å². The van der Waals surface area contributed by atoms with Crippen molar-refractivity contribution in [3.63, 3.8) is 0 Å². The maximum absolute atomic E-state index is 11.2. The van der Waals surface area contributed by atoms with E-state index in [0.717, 1.165) is 22.2 Å². The third kappa shape index (κ3) is 2.71. The average molecular weight is 310 g/mol. The number of aromatic nitrogens is 1. The van der Waals surface area contributed by atoms with Crippen LogP contribution in [0.4, 0.5) is 5.69 Å². The summed E-state index contributed by atoms with van der Waals surface area (Å²) in [6.07, 6.45) is 0. The van der Waals surface area contributed by atoms with Gasteiger partial charge in [0.2, 0.25) is 0 Å². The molecule has 2 N–H and O–H groups in total. The summed E-state index contributed by atoms with van der Waals surface area (Å²) in [4.78, 5) is 16.6. The SMILES string of the molecule is Cc1[nH]c2ccc([N+](=O)O)cc2c1C(c1ccccc1)N(C)C. The molecule has 0 fully saturated rings. The zero-order valence-corrected chi connectivity index (χ0v) is 13.4. The number of nitrogens with zero attached hydrogens (tertiary/aromatic N) is 2. The lowest BCUT2D eigenvalue weighted by molar-refractivity contribution is -0.729. The quantitative estimate of drug-likeness (QED) is 0.718. The Morgan fingerprint density at radius 2 is 1.83 bits per heavy atom. The molecular weight excluding hydrogens is 290 g/mol. The summed E-state index contributed by atoms with van der Waals surface area (Å²) < 4.78 is 0. The number of hydrogen-bond donors (Lipinski definition) is 2. The first-order chi connectivity index (χ1) is 11.0. The number of aryl methyl sites for hydroxylation is 1. The first-order valence-corrected chi connectivity index (χ1v) is 7.48. The monoisotopic (exact) mass is 310 g/mol. The van der Waals surface area contributed by atoms with Crippen molar-refractivity contribution in [2.24, 2.45) is 0 Å². The lowest BCUT2D eigenvalue weighted by atomic mass is 9.95. The van der Waals surface area contributed by atoms with E-state index in [1.54, 1.807) is 12.1 Å². The van der Waals surface area contributed by atoms with Gasteiger partial charge in [0.05, 0.1) is 10.9 Å². The van der Waals surface area contributed by atoms with Gasteiger partial charge in [-0.05, 0) is 32.6 Å². The van der Waals surface area contributed by atoms with Gasteiger partial charge < -0.3 is 4.98 Å².